The number of carbonyl (C=O) groups excluding carboxylic acids is 1. The van der Waals surface area contributed by atoms with Crippen molar-refractivity contribution in [3.05, 3.63) is 59.2 Å². The Balaban J connectivity index is 1.94. The van der Waals surface area contributed by atoms with Crippen LogP contribution in [0.4, 0.5) is 11.4 Å². The van der Waals surface area contributed by atoms with E-state index in [9.17, 15) is 4.79 Å². The standard InChI is InChI=1S/C18H22N2O/c1-4-15-6-5-7-16(11-15)20-18(21)12-19-17-10-13(2)8-9-14(17)3/h5-11,19H,4,12H2,1-3H3,(H,20,21). The van der Waals surface area contributed by atoms with Crippen molar-refractivity contribution in [3.63, 3.8) is 0 Å². The van der Waals surface area contributed by atoms with E-state index in [0.717, 1.165) is 23.4 Å². The van der Waals surface area contributed by atoms with Crippen LogP contribution in [-0.4, -0.2) is 12.5 Å². The molecule has 2 aromatic rings. The highest BCUT2D eigenvalue weighted by molar-refractivity contribution is 5.93. The predicted octanol–water partition coefficient (Wildman–Crippen LogP) is 3.92. The molecule has 0 saturated heterocycles. The van der Waals surface area contributed by atoms with Gasteiger partial charge in [-0.3, -0.25) is 4.79 Å². The van der Waals surface area contributed by atoms with Gasteiger partial charge in [0.05, 0.1) is 6.54 Å². The molecular formula is C18H22N2O. The summed E-state index contributed by atoms with van der Waals surface area (Å²) in [7, 11) is 0. The van der Waals surface area contributed by atoms with E-state index in [-0.39, 0.29) is 12.5 Å². The first-order valence-corrected chi connectivity index (χ1v) is 7.28. The number of rotatable bonds is 5. The van der Waals surface area contributed by atoms with Gasteiger partial charge in [-0.1, -0.05) is 31.2 Å². The van der Waals surface area contributed by atoms with Gasteiger partial charge in [0.25, 0.3) is 0 Å². The minimum absolute atomic E-state index is 0.0378. The number of amides is 1. The quantitative estimate of drug-likeness (QED) is 0.872. The van der Waals surface area contributed by atoms with E-state index < -0.39 is 0 Å². The molecule has 0 aromatic heterocycles. The van der Waals surface area contributed by atoms with Gasteiger partial charge in [-0.15, -0.1) is 0 Å². The van der Waals surface area contributed by atoms with Crippen molar-refractivity contribution in [1.29, 1.82) is 0 Å². The van der Waals surface area contributed by atoms with Crippen LogP contribution in [0, 0.1) is 13.8 Å². The van der Waals surface area contributed by atoms with Crippen molar-refractivity contribution in [3.8, 4) is 0 Å². The molecule has 110 valence electrons. The first kappa shape index (κ1) is 15.1. The maximum Gasteiger partial charge on any atom is 0.243 e. The monoisotopic (exact) mass is 282 g/mol. The second-order valence-electron chi connectivity index (χ2n) is 5.27. The molecule has 2 rings (SSSR count). The van der Waals surface area contributed by atoms with Crippen LogP contribution >= 0.6 is 0 Å². The minimum Gasteiger partial charge on any atom is -0.376 e. The van der Waals surface area contributed by atoms with Crippen LogP contribution in [0.5, 0.6) is 0 Å². The number of benzene rings is 2. The molecule has 21 heavy (non-hydrogen) atoms. The highest BCUT2D eigenvalue weighted by Gasteiger charge is 2.04. The second-order valence-corrected chi connectivity index (χ2v) is 5.27. The minimum atomic E-state index is -0.0378. The Bertz CT molecular complexity index is 635. The fraction of sp³-hybridized carbons (Fsp3) is 0.278. The molecule has 0 atom stereocenters. The van der Waals surface area contributed by atoms with Gasteiger partial charge in [-0.2, -0.15) is 0 Å². The van der Waals surface area contributed by atoms with Crippen LogP contribution in [0.2, 0.25) is 0 Å². The van der Waals surface area contributed by atoms with Gasteiger partial charge < -0.3 is 10.6 Å². The van der Waals surface area contributed by atoms with Crippen molar-refractivity contribution >= 4 is 17.3 Å². The van der Waals surface area contributed by atoms with E-state index in [4.69, 9.17) is 0 Å². The molecular weight excluding hydrogens is 260 g/mol. The SMILES string of the molecule is CCc1cccc(NC(=O)CNc2cc(C)ccc2C)c1. The van der Waals surface area contributed by atoms with Gasteiger partial charge in [-0.05, 0) is 55.2 Å². The highest BCUT2D eigenvalue weighted by atomic mass is 16.1. The summed E-state index contributed by atoms with van der Waals surface area (Å²) in [6.07, 6.45) is 0.963. The van der Waals surface area contributed by atoms with Crippen LogP contribution in [0.25, 0.3) is 0 Å². The number of hydrogen-bond acceptors (Lipinski definition) is 2. The average Bonchev–Trinajstić information content (AvgIpc) is 2.48. The van der Waals surface area contributed by atoms with E-state index in [1.54, 1.807) is 0 Å². The summed E-state index contributed by atoms with van der Waals surface area (Å²) in [5.41, 5.74) is 5.39. The van der Waals surface area contributed by atoms with Gasteiger partial charge in [0.1, 0.15) is 0 Å². The molecule has 3 nitrogen and oxygen atoms in total. The predicted molar refractivity (Wildman–Crippen MR) is 88.9 cm³/mol. The third-order valence-electron chi connectivity index (χ3n) is 3.45. The molecule has 0 unspecified atom stereocenters. The number of anilines is 2. The summed E-state index contributed by atoms with van der Waals surface area (Å²) in [4.78, 5) is 12.0. The number of aryl methyl sites for hydroxylation is 3. The van der Waals surface area contributed by atoms with Crippen molar-refractivity contribution in [2.75, 3.05) is 17.2 Å². The van der Waals surface area contributed by atoms with Crippen LogP contribution in [0.3, 0.4) is 0 Å². The zero-order valence-corrected chi connectivity index (χ0v) is 12.9. The van der Waals surface area contributed by atoms with Gasteiger partial charge >= 0.3 is 0 Å². The lowest BCUT2D eigenvalue weighted by atomic mass is 10.1. The van der Waals surface area contributed by atoms with Gasteiger partial charge in [0.2, 0.25) is 5.91 Å². The molecule has 0 spiro atoms. The second kappa shape index (κ2) is 6.93. The molecule has 0 saturated carbocycles. The van der Waals surface area contributed by atoms with Crippen molar-refractivity contribution in [2.45, 2.75) is 27.2 Å². The van der Waals surface area contributed by atoms with Crippen LogP contribution in [-0.2, 0) is 11.2 Å². The Hall–Kier alpha value is -2.29. The van der Waals surface area contributed by atoms with E-state index in [1.807, 2.05) is 32.0 Å². The lowest BCUT2D eigenvalue weighted by Gasteiger charge is -2.11. The zero-order chi connectivity index (χ0) is 15.2. The van der Waals surface area contributed by atoms with Crippen molar-refractivity contribution in [1.82, 2.24) is 0 Å². The Kier molecular flexibility index (Phi) is 4.99. The highest BCUT2D eigenvalue weighted by Crippen LogP contribution is 2.16. The molecule has 2 aromatic carbocycles. The van der Waals surface area contributed by atoms with Gasteiger partial charge in [0, 0.05) is 11.4 Å². The molecule has 1 amide bonds. The maximum absolute atomic E-state index is 12.0. The fourth-order valence-corrected chi connectivity index (χ4v) is 2.18. The molecule has 0 heterocycles. The Labute approximate surface area is 126 Å². The summed E-state index contributed by atoms with van der Waals surface area (Å²) < 4.78 is 0. The van der Waals surface area contributed by atoms with Crippen molar-refractivity contribution in [2.24, 2.45) is 0 Å². The molecule has 0 aliphatic heterocycles. The molecule has 0 radical (unpaired) electrons. The third kappa shape index (κ3) is 4.35. The maximum atomic E-state index is 12.0. The molecule has 0 aliphatic rings. The number of carbonyl (C=O) groups is 1. The van der Waals surface area contributed by atoms with E-state index in [0.29, 0.717) is 0 Å². The lowest BCUT2D eigenvalue weighted by Crippen LogP contribution is -2.22. The molecule has 2 N–H and O–H groups in total. The normalized spacial score (nSPS) is 10.2. The topological polar surface area (TPSA) is 41.1 Å². The smallest absolute Gasteiger partial charge is 0.243 e. The fourth-order valence-electron chi connectivity index (χ4n) is 2.18. The van der Waals surface area contributed by atoms with Gasteiger partial charge in [0.15, 0.2) is 0 Å². The van der Waals surface area contributed by atoms with Crippen LogP contribution in [0.1, 0.15) is 23.6 Å². The first-order chi connectivity index (χ1) is 10.1. The van der Waals surface area contributed by atoms with Crippen LogP contribution < -0.4 is 10.6 Å². The average molecular weight is 282 g/mol. The molecule has 3 heteroatoms. The number of hydrogen-bond donors (Lipinski definition) is 2. The van der Waals surface area contributed by atoms with Crippen LogP contribution in [0.15, 0.2) is 42.5 Å². The summed E-state index contributed by atoms with van der Waals surface area (Å²) in [6, 6.07) is 14.1. The summed E-state index contributed by atoms with van der Waals surface area (Å²) in [5, 5.41) is 6.11. The summed E-state index contributed by atoms with van der Waals surface area (Å²) >= 11 is 0. The summed E-state index contributed by atoms with van der Waals surface area (Å²) in [6.45, 7) is 6.44. The number of nitrogens with one attached hydrogen (secondary N) is 2. The Morgan fingerprint density at radius 2 is 1.90 bits per heavy atom. The Morgan fingerprint density at radius 3 is 2.67 bits per heavy atom. The van der Waals surface area contributed by atoms with Gasteiger partial charge in [-0.25, -0.2) is 0 Å². The van der Waals surface area contributed by atoms with E-state index >= 15 is 0 Å². The zero-order valence-electron chi connectivity index (χ0n) is 12.9. The van der Waals surface area contributed by atoms with E-state index in [1.165, 1.54) is 11.1 Å². The summed E-state index contributed by atoms with van der Waals surface area (Å²) in [5.74, 6) is -0.0378. The van der Waals surface area contributed by atoms with Crippen molar-refractivity contribution < 1.29 is 4.79 Å². The molecule has 0 bridgehead atoms. The molecule has 0 fully saturated rings. The Morgan fingerprint density at radius 1 is 1.10 bits per heavy atom. The third-order valence-corrected chi connectivity index (χ3v) is 3.45. The first-order valence-electron chi connectivity index (χ1n) is 7.28. The molecule has 0 aliphatic carbocycles. The van der Waals surface area contributed by atoms with E-state index in [2.05, 4.69) is 41.8 Å². The largest absolute Gasteiger partial charge is 0.376 e. The lowest BCUT2D eigenvalue weighted by molar-refractivity contribution is -0.114.